The maximum absolute atomic E-state index is 12.6. The number of piperidine rings is 1. The molecule has 0 spiro atoms. The van der Waals surface area contributed by atoms with Crippen LogP contribution < -0.4 is 10.6 Å². The third kappa shape index (κ3) is 3.66. The molecule has 0 radical (unpaired) electrons. The Morgan fingerprint density at radius 2 is 1.76 bits per heavy atom. The average molecular weight is 307 g/mol. The van der Waals surface area contributed by atoms with Crippen LogP contribution in [0.1, 0.15) is 26.7 Å². The van der Waals surface area contributed by atoms with Gasteiger partial charge in [-0.1, -0.05) is 0 Å². The molecular weight excluding hydrogens is 287 g/mol. The Hall–Kier alpha value is -1.31. The average Bonchev–Trinajstić information content (AvgIpc) is 2.35. The lowest BCUT2D eigenvalue weighted by atomic mass is 9.91. The van der Waals surface area contributed by atoms with E-state index < -0.39 is 24.0 Å². The maximum atomic E-state index is 12.6. The first kappa shape index (κ1) is 16.1. The van der Waals surface area contributed by atoms with Crippen molar-refractivity contribution >= 4 is 11.8 Å². The standard InChI is InChI=1S/C13H20F3N3O2/c1-7-5-19(6-8(2)17-7)12(21)9-3-4-10(13(14,15)16)18-11(9)20/h7-10,17H,3-6H2,1-2H3,(H,18,20)/t7-,8+,9-,10-/m1/s1. The molecule has 8 heteroatoms. The number of hydrogen-bond donors (Lipinski definition) is 2. The number of rotatable bonds is 1. The third-order valence-electron chi connectivity index (χ3n) is 3.94. The van der Waals surface area contributed by atoms with E-state index in [2.05, 4.69) is 5.32 Å². The van der Waals surface area contributed by atoms with Crippen LogP contribution in [0.25, 0.3) is 0 Å². The fourth-order valence-electron chi connectivity index (χ4n) is 3.02. The van der Waals surface area contributed by atoms with Crippen LogP contribution in [0.4, 0.5) is 13.2 Å². The minimum absolute atomic E-state index is 0.0540. The predicted octanol–water partition coefficient (Wildman–Crippen LogP) is 0.652. The Labute approximate surface area is 121 Å². The van der Waals surface area contributed by atoms with Crippen molar-refractivity contribution in [2.45, 2.75) is 51.0 Å². The summed E-state index contributed by atoms with van der Waals surface area (Å²) in [5, 5.41) is 5.18. The van der Waals surface area contributed by atoms with Gasteiger partial charge in [-0.25, -0.2) is 0 Å². The Bertz CT molecular complexity index is 417. The topological polar surface area (TPSA) is 61.4 Å². The molecule has 2 fully saturated rings. The van der Waals surface area contributed by atoms with Crippen molar-refractivity contribution in [1.29, 1.82) is 0 Å². The predicted molar refractivity (Wildman–Crippen MR) is 69.3 cm³/mol. The quantitative estimate of drug-likeness (QED) is 0.699. The minimum Gasteiger partial charge on any atom is -0.344 e. The number of piperazine rings is 1. The first-order chi connectivity index (χ1) is 9.68. The number of hydrogen-bond acceptors (Lipinski definition) is 3. The van der Waals surface area contributed by atoms with Crippen molar-refractivity contribution in [3.63, 3.8) is 0 Å². The van der Waals surface area contributed by atoms with Gasteiger partial charge in [0.15, 0.2) is 0 Å². The van der Waals surface area contributed by atoms with E-state index >= 15 is 0 Å². The summed E-state index contributed by atoms with van der Waals surface area (Å²) in [6.45, 7) is 4.79. The molecule has 0 saturated carbocycles. The highest BCUT2D eigenvalue weighted by Gasteiger charge is 2.46. The highest BCUT2D eigenvalue weighted by Crippen LogP contribution is 2.29. The number of alkyl halides is 3. The lowest BCUT2D eigenvalue weighted by Crippen LogP contribution is -2.60. The Morgan fingerprint density at radius 1 is 1.19 bits per heavy atom. The molecule has 2 saturated heterocycles. The summed E-state index contributed by atoms with van der Waals surface area (Å²) in [7, 11) is 0. The number of halogens is 3. The smallest absolute Gasteiger partial charge is 0.344 e. The van der Waals surface area contributed by atoms with Crippen LogP contribution in [0.2, 0.25) is 0 Å². The van der Waals surface area contributed by atoms with Crippen molar-refractivity contribution in [3.05, 3.63) is 0 Å². The normalized spacial score (nSPS) is 34.5. The van der Waals surface area contributed by atoms with E-state index in [1.54, 1.807) is 4.90 Å². The van der Waals surface area contributed by atoms with Crippen LogP contribution in [0.3, 0.4) is 0 Å². The monoisotopic (exact) mass is 307 g/mol. The Morgan fingerprint density at radius 3 is 2.24 bits per heavy atom. The van der Waals surface area contributed by atoms with Gasteiger partial charge in [-0.05, 0) is 26.7 Å². The molecule has 0 bridgehead atoms. The Kier molecular flexibility index (Phi) is 4.46. The fraction of sp³-hybridized carbons (Fsp3) is 0.846. The van der Waals surface area contributed by atoms with Crippen molar-refractivity contribution in [3.8, 4) is 0 Å². The largest absolute Gasteiger partial charge is 0.408 e. The fourth-order valence-corrected chi connectivity index (χ4v) is 3.02. The van der Waals surface area contributed by atoms with E-state index in [0.717, 1.165) is 0 Å². The molecule has 2 N–H and O–H groups in total. The molecule has 5 nitrogen and oxygen atoms in total. The van der Waals surface area contributed by atoms with Crippen LogP contribution in [0.5, 0.6) is 0 Å². The van der Waals surface area contributed by atoms with Crippen LogP contribution in [-0.2, 0) is 9.59 Å². The summed E-state index contributed by atoms with van der Waals surface area (Å²) < 4.78 is 37.7. The van der Waals surface area contributed by atoms with E-state index in [-0.39, 0.29) is 30.8 Å². The molecule has 2 rings (SSSR count). The number of amides is 2. The summed E-state index contributed by atoms with van der Waals surface area (Å²) in [5.41, 5.74) is 0. The van der Waals surface area contributed by atoms with Crippen LogP contribution in [0, 0.1) is 5.92 Å². The molecule has 2 amide bonds. The van der Waals surface area contributed by atoms with E-state index in [9.17, 15) is 22.8 Å². The van der Waals surface area contributed by atoms with E-state index in [0.29, 0.717) is 13.1 Å². The second kappa shape index (κ2) is 5.82. The molecule has 2 aliphatic rings. The molecule has 0 aromatic rings. The van der Waals surface area contributed by atoms with Gasteiger partial charge < -0.3 is 15.5 Å². The summed E-state index contributed by atoms with van der Waals surface area (Å²) in [6.07, 6.45) is -4.76. The van der Waals surface area contributed by atoms with Crippen LogP contribution in [0.15, 0.2) is 0 Å². The lowest BCUT2D eigenvalue weighted by Gasteiger charge is -2.39. The van der Waals surface area contributed by atoms with Crippen LogP contribution in [-0.4, -0.2) is 54.1 Å². The molecule has 21 heavy (non-hydrogen) atoms. The molecule has 120 valence electrons. The molecule has 0 aliphatic carbocycles. The van der Waals surface area contributed by atoms with Gasteiger partial charge in [0.25, 0.3) is 0 Å². The van der Waals surface area contributed by atoms with E-state index in [1.165, 1.54) is 0 Å². The minimum atomic E-state index is -4.46. The number of nitrogens with zero attached hydrogens (tertiary/aromatic N) is 1. The van der Waals surface area contributed by atoms with E-state index in [1.807, 2.05) is 19.2 Å². The van der Waals surface area contributed by atoms with Gasteiger partial charge >= 0.3 is 6.18 Å². The summed E-state index contributed by atoms with van der Waals surface area (Å²) >= 11 is 0. The zero-order valence-corrected chi connectivity index (χ0v) is 12.0. The highest BCUT2D eigenvalue weighted by molar-refractivity contribution is 6.01. The van der Waals surface area contributed by atoms with Gasteiger partial charge in [0.1, 0.15) is 12.0 Å². The van der Waals surface area contributed by atoms with Crippen LogP contribution >= 0.6 is 0 Å². The number of nitrogens with one attached hydrogen (secondary N) is 2. The molecule has 2 heterocycles. The molecule has 4 atom stereocenters. The summed E-state index contributed by atoms with van der Waals surface area (Å²) in [4.78, 5) is 25.8. The zero-order chi connectivity index (χ0) is 15.8. The second-order valence-electron chi connectivity index (χ2n) is 5.94. The van der Waals surface area contributed by atoms with Crippen molar-refractivity contribution in [2.75, 3.05) is 13.1 Å². The zero-order valence-electron chi connectivity index (χ0n) is 12.0. The van der Waals surface area contributed by atoms with Crippen molar-refractivity contribution < 1.29 is 22.8 Å². The van der Waals surface area contributed by atoms with Gasteiger partial charge in [-0.15, -0.1) is 0 Å². The van der Waals surface area contributed by atoms with Gasteiger partial charge in [0, 0.05) is 25.2 Å². The first-order valence-electron chi connectivity index (χ1n) is 7.10. The number of carbonyl (C=O) groups excluding carboxylic acids is 2. The maximum Gasteiger partial charge on any atom is 0.408 e. The van der Waals surface area contributed by atoms with Gasteiger partial charge in [-0.2, -0.15) is 13.2 Å². The van der Waals surface area contributed by atoms with Crippen molar-refractivity contribution in [1.82, 2.24) is 15.5 Å². The van der Waals surface area contributed by atoms with Crippen molar-refractivity contribution in [2.24, 2.45) is 5.92 Å². The van der Waals surface area contributed by atoms with Gasteiger partial charge in [0.2, 0.25) is 11.8 Å². The summed E-state index contributed by atoms with van der Waals surface area (Å²) in [5.74, 6) is -2.18. The molecule has 2 aliphatic heterocycles. The molecular formula is C13H20F3N3O2. The van der Waals surface area contributed by atoms with E-state index in [4.69, 9.17) is 0 Å². The Balaban J connectivity index is 1.99. The highest BCUT2D eigenvalue weighted by atomic mass is 19.4. The first-order valence-corrected chi connectivity index (χ1v) is 7.10. The molecule has 0 aromatic heterocycles. The SMILES string of the molecule is C[C@@H]1CN(C(=O)[C@@H]2CC[C@H](C(F)(F)F)NC2=O)C[C@H](C)N1. The molecule has 0 aromatic carbocycles. The second-order valence-corrected chi connectivity index (χ2v) is 5.94. The number of carbonyl (C=O) groups is 2. The molecule has 0 unspecified atom stereocenters. The van der Waals surface area contributed by atoms with Gasteiger partial charge in [-0.3, -0.25) is 9.59 Å². The third-order valence-corrected chi connectivity index (χ3v) is 3.94. The van der Waals surface area contributed by atoms with Gasteiger partial charge in [0.05, 0.1) is 0 Å². The summed E-state index contributed by atoms with van der Waals surface area (Å²) in [6, 6.07) is -1.63. The lowest BCUT2D eigenvalue weighted by molar-refractivity contribution is -0.172.